The number of aromatic amines is 1. The van der Waals surface area contributed by atoms with Crippen molar-refractivity contribution < 1.29 is 8.42 Å². The second-order valence-corrected chi connectivity index (χ2v) is 6.87. The molecular formula is C15H21N3O2S. The van der Waals surface area contributed by atoms with Gasteiger partial charge in [-0.3, -0.25) is 5.10 Å². The van der Waals surface area contributed by atoms with Gasteiger partial charge in [0.1, 0.15) is 4.90 Å². The van der Waals surface area contributed by atoms with E-state index in [-0.39, 0.29) is 0 Å². The summed E-state index contributed by atoms with van der Waals surface area (Å²) in [5, 5.41) is 6.73. The first kappa shape index (κ1) is 15.7. The predicted octanol–water partition coefficient (Wildman–Crippen LogP) is 2.28. The summed E-state index contributed by atoms with van der Waals surface area (Å²) in [6, 6.07) is 9.90. The highest BCUT2D eigenvalue weighted by Gasteiger charge is 2.28. The third-order valence-corrected chi connectivity index (χ3v) is 5.74. The Morgan fingerprint density at radius 2 is 1.86 bits per heavy atom. The first-order valence-corrected chi connectivity index (χ1v) is 8.46. The fraction of sp³-hybridized carbons (Fsp3) is 0.400. The molecule has 0 fully saturated rings. The lowest BCUT2D eigenvalue weighted by atomic mass is 10.1. The molecule has 0 atom stereocenters. The molecule has 5 nitrogen and oxygen atoms in total. The van der Waals surface area contributed by atoms with Crippen molar-refractivity contribution in [3.63, 3.8) is 0 Å². The minimum Gasteiger partial charge on any atom is -0.281 e. The summed E-state index contributed by atoms with van der Waals surface area (Å²) in [5.41, 5.74) is 2.24. The van der Waals surface area contributed by atoms with Crippen molar-refractivity contribution in [2.45, 2.75) is 32.1 Å². The molecule has 2 aromatic rings. The van der Waals surface area contributed by atoms with Crippen LogP contribution >= 0.6 is 0 Å². The predicted molar refractivity (Wildman–Crippen MR) is 82.6 cm³/mol. The Balaban J connectivity index is 2.21. The molecule has 0 saturated carbocycles. The van der Waals surface area contributed by atoms with Gasteiger partial charge in [0, 0.05) is 13.1 Å². The smallest absolute Gasteiger partial charge is 0.246 e. The highest BCUT2D eigenvalue weighted by molar-refractivity contribution is 7.89. The third-order valence-electron chi connectivity index (χ3n) is 3.50. The number of hydrogen-bond acceptors (Lipinski definition) is 3. The highest BCUT2D eigenvalue weighted by atomic mass is 32.2. The molecule has 1 N–H and O–H groups in total. The van der Waals surface area contributed by atoms with Crippen LogP contribution in [0, 0.1) is 13.8 Å². The first-order valence-electron chi connectivity index (χ1n) is 7.02. The molecule has 0 bridgehead atoms. The van der Waals surface area contributed by atoms with Crippen LogP contribution in [0.15, 0.2) is 35.2 Å². The van der Waals surface area contributed by atoms with Crippen LogP contribution in [0.25, 0.3) is 0 Å². The molecule has 0 unspecified atom stereocenters. The topological polar surface area (TPSA) is 66.1 Å². The molecule has 114 valence electrons. The van der Waals surface area contributed by atoms with Gasteiger partial charge in [-0.15, -0.1) is 0 Å². The van der Waals surface area contributed by atoms with Crippen LogP contribution in [0.3, 0.4) is 0 Å². The van der Waals surface area contributed by atoms with Crippen LogP contribution in [-0.2, 0) is 16.4 Å². The summed E-state index contributed by atoms with van der Waals surface area (Å²) in [7, 11) is -3.50. The van der Waals surface area contributed by atoms with E-state index in [0.717, 1.165) is 5.56 Å². The Hall–Kier alpha value is -1.66. The van der Waals surface area contributed by atoms with E-state index in [0.29, 0.717) is 35.8 Å². The number of hydrogen-bond donors (Lipinski definition) is 1. The molecule has 0 amide bonds. The Morgan fingerprint density at radius 1 is 1.19 bits per heavy atom. The van der Waals surface area contributed by atoms with Gasteiger partial charge in [-0.05, 0) is 25.8 Å². The molecule has 6 heteroatoms. The monoisotopic (exact) mass is 307 g/mol. The van der Waals surface area contributed by atoms with Gasteiger partial charge >= 0.3 is 0 Å². The van der Waals surface area contributed by atoms with E-state index in [2.05, 4.69) is 10.2 Å². The average molecular weight is 307 g/mol. The highest BCUT2D eigenvalue weighted by Crippen LogP contribution is 2.21. The summed E-state index contributed by atoms with van der Waals surface area (Å²) < 4.78 is 27.0. The SMILES string of the molecule is CCN(CCc1ccccc1)S(=O)(=O)c1c(C)n[nH]c1C. The number of nitrogens with one attached hydrogen (secondary N) is 1. The maximum Gasteiger partial charge on any atom is 0.246 e. The number of sulfonamides is 1. The van der Waals surface area contributed by atoms with Gasteiger partial charge in [0.25, 0.3) is 0 Å². The lowest BCUT2D eigenvalue weighted by molar-refractivity contribution is 0.430. The second kappa shape index (κ2) is 6.41. The van der Waals surface area contributed by atoms with E-state index >= 15 is 0 Å². The van der Waals surface area contributed by atoms with Gasteiger partial charge in [-0.1, -0.05) is 37.3 Å². The molecule has 0 spiro atoms. The molecule has 0 aliphatic rings. The number of aryl methyl sites for hydroxylation is 2. The van der Waals surface area contributed by atoms with Crippen molar-refractivity contribution in [2.24, 2.45) is 0 Å². The van der Waals surface area contributed by atoms with E-state index in [9.17, 15) is 8.42 Å². The molecule has 1 aromatic heterocycles. The molecule has 0 saturated heterocycles. The number of likely N-dealkylation sites (N-methyl/N-ethyl adjacent to an activating group) is 1. The zero-order valence-corrected chi connectivity index (χ0v) is 13.4. The number of H-pyrrole nitrogens is 1. The maximum atomic E-state index is 12.8. The minimum atomic E-state index is -3.50. The number of benzene rings is 1. The van der Waals surface area contributed by atoms with E-state index in [1.54, 1.807) is 13.8 Å². The summed E-state index contributed by atoms with van der Waals surface area (Å²) in [6.07, 6.45) is 0.698. The van der Waals surface area contributed by atoms with Crippen LogP contribution in [0.1, 0.15) is 23.9 Å². The van der Waals surface area contributed by atoms with Crippen molar-refractivity contribution in [1.82, 2.24) is 14.5 Å². The molecule has 1 aromatic carbocycles. The third kappa shape index (κ3) is 3.33. The van der Waals surface area contributed by atoms with Crippen molar-refractivity contribution in [2.75, 3.05) is 13.1 Å². The summed E-state index contributed by atoms with van der Waals surface area (Å²) >= 11 is 0. The number of aromatic nitrogens is 2. The first-order chi connectivity index (χ1) is 9.96. The zero-order valence-electron chi connectivity index (χ0n) is 12.6. The molecule has 2 rings (SSSR count). The molecular weight excluding hydrogens is 286 g/mol. The van der Waals surface area contributed by atoms with E-state index in [1.807, 2.05) is 37.3 Å². The van der Waals surface area contributed by atoms with Gasteiger partial charge in [-0.25, -0.2) is 8.42 Å². The number of rotatable bonds is 6. The van der Waals surface area contributed by atoms with Crippen LogP contribution < -0.4 is 0 Å². The molecule has 21 heavy (non-hydrogen) atoms. The van der Waals surface area contributed by atoms with Crippen LogP contribution in [0.2, 0.25) is 0 Å². The Labute approximate surface area is 126 Å². The molecule has 0 radical (unpaired) electrons. The van der Waals surface area contributed by atoms with Gasteiger partial charge in [0.15, 0.2) is 0 Å². The molecule has 0 aliphatic carbocycles. The minimum absolute atomic E-state index is 0.303. The van der Waals surface area contributed by atoms with E-state index in [4.69, 9.17) is 0 Å². The Kier molecular flexibility index (Phi) is 4.80. The number of nitrogens with zero attached hydrogens (tertiary/aromatic N) is 2. The van der Waals surface area contributed by atoms with Crippen LogP contribution in [-0.4, -0.2) is 36.0 Å². The Morgan fingerprint density at radius 3 is 2.38 bits per heavy atom. The van der Waals surface area contributed by atoms with Crippen molar-refractivity contribution >= 4 is 10.0 Å². The molecule has 0 aliphatic heterocycles. The van der Waals surface area contributed by atoms with Crippen LogP contribution in [0.4, 0.5) is 0 Å². The fourth-order valence-electron chi connectivity index (χ4n) is 2.40. The van der Waals surface area contributed by atoms with Gasteiger partial charge in [0.2, 0.25) is 10.0 Å². The second-order valence-electron chi connectivity index (χ2n) is 5.00. The quantitative estimate of drug-likeness (QED) is 0.890. The summed E-state index contributed by atoms with van der Waals surface area (Å²) in [5.74, 6) is 0. The maximum absolute atomic E-state index is 12.8. The normalized spacial score (nSPS) is 12.0. The van der Waals surface area contributed by atoms with Gasteiger partial charge < -0.3 is 0 Å². The zero-order chi connectivity index (χ0) is 15.5. The van der Waals surface area contributed by atoms with Crippen molar-refractivity contribution in [3.8, 4) is 0 Å². The van der Waals surface area contributed by atoms with Gasteiger partial charge in [0.05, 0.1) is 11.4 Å². The van der Waals surface area contributed by atoms with E-state index < -0.39 is 10.0 Å². The average Bonchev–Trinajstić information content (AvgIpc) is 2.80. The Bertz CT molecular complexity index is 673. The molecule has 1 heterocycles. The van der Waals surface area contributed by atoms with Crippen LogP contribution in [0.5, 0.6) is 0 Å². The summed E-state index contributed by atoms with van der Waals surface area (Å²) in [4.78, 5) is 0.303. The lowest BCUT2D eigenvalue weighted by Gasteiger charge is -2.20. The van der Waals surface area contributed by atoms with Gasteiger partial charge in [-0.2, -0.15) is 9.40 Å². The lowest BCUT2D eigenvalue weighted by Crippen LogP contribution is -2.33. The standard InChI is InChI=1S/C15H21N3O2S/c1-4-18(11-10-14-8-6-5-7-9-14)21(19,20)15-12(2)16-17-13(15)3/h5-9H,4,10-11H2,1-3H3,(H,16,17). The van der Waals surface area contributed by atoms with Crippen molar-refractivity contribution in [1.29, 1.82) is 0 Å². The fourth-order valence-corrected chi connectivity index (χ4v) is 4.18. The largest absolute Gasteiger partial charge is 0.281 e. The van der Waals surface area contributed by atoms with E-state index in [1.165, 1.54) is 4.31 Å². The van der Waals surface area contributed by atoms with Crippen molar-refractivity contribution in [3.05, 3.63) is 47.3 Å². The summed E-state index contributed by atoms with van der Waals surface area (Å²) in [6.45, 7) is 6.21.